The van der Waals surface area contributed by atoms with E-state index >= 15 is 0 Å². The number of benzene rings is 2. The molecule has 0 aliphatic carbocycles. The van der Waals surface area contributed by atoms with Gasteiger partial charge in [-0.15, -0.1) is 0 Å². The van der Waals surface area contributed by atoms with Gasteiger partial charge in [-0.05, 0) is 75.3 Å². The van der Waals surface area contributed by atoms with Crippen LogP contribution in [0.15, 0.2) is 70.6 Å². The van der Waals surface area contributed by atoms with Crippen LogP contribution in [0.3, 0.4) is 0 Å². The van der Waals surface area contributed by atoms with Gasteiger partial charge < -0.3 is 85.3 Å². The van der Waals surface area contributed by atoms with Gasteiger partial charge in [0.1, 0.15) is 42.3 Å². The van der Waals surface area contributed by atoms with Gasteiger partial charge in [0.2, 0.25) is 47.3 Å². The van der Waals surface area contributed by atoms with Crippen LogP contribution in [0.2, 0.25) is 0 Å². The summed E-state index contributed by atoms with van der Waals surface area (Å²) in [5.74, 6) is -7.76. The standard InChI is InChI=1S/C50H73N15O11.C2H4O2/c51-32(16-7-21-56-49(52)53)45(72)65-25-11-20-39(65)47(74)64-24-9-18-37(64)43(70)58-28-40(67)59-34(26-30-12-3-1-4-13-30)41(68)62-36(29-66)46(73)63-23-10-19-38(63)44(71)61-35(27-31-14-5-2-6-15-31)42(69)60-33(48(75)76)17-8-22-57-50(54)55;1-2(3)4/h1-6,12-15,32-39,66H,7-11,16-29,51H2,(H,58,70)(H,59,67)(H,60,69)(H,61,71)(H,62,68)(H,75,76)(H4,52,53,56)(H4,54,55,57);1H3,(H,3,4)/t32-,33?,34?,35?,36-,37-,38-,39?;/m0./s1. The molecule has 3 heterocycles. The Kier molecular flexibility index (Phi) is 26.0. The van der Waals surface area contributed by atoms with Crippen molar-refractivity contribution in [1.29, 1.82) is 0 Å². The van der Waals surface area contributed by atoms with Crippen LogP contribution in [0, 0.1) is 0 Å². The normalized spacial score (nSPS) is 18.3. The Morgan fingerprint density at radius 1 is 0.588 bits per heavy atom. The molecule has 0 bridgehead atoms. The number of hydrogen-bond acceptors (Lipinski definition) is 14. The second kappa shape index (κ2) is 32.5. The molecular formula is C52H77N15O13. The van der Waals surface area contributed by atoms with E-state index in [0.717, 1.165) is 6.92 Å². The van der Waals surface area contributed by atoms with Crippen LogP contribution in [0.25, 0.3) is 0 Å². The number of nitrogens with two attached hydrogens (primary N) is 5. The number of amides is 8. The lowest BCUT2D eigenvalue weighted by Gasteiger charge is -2.32. The van der Waals surface area contributed by atoms with Gasteiger partial charge in [0.15, 0.2) is 11.9 Å². The van der Waals surface area contributed by atoms with Crippen molar-refractivity contribution in [3.05, 3.63) is 71.8 Å². The Labute approximate surface area is 463 Å². The molecule has 3 fully saturated rings. The summed E-state index contributed by atoms with van der Waals surface area (Å²) < 4.78 is 0. The van der Waals surface area contributed by atoms with Gasteiger partial charge in [-0.25, -0.2) is 4.79 Å². The highest BCUT2D eigenvalue weighted by Crippen LogP contribution is 2.26. The summed E-state index contributed by atoms with van der Waals surface area (Å²) in [6, 6.07) is 8.00. The van der Waals surface area contributed by atoms with E-state index in [-0.39, 0.29) is 69.6 Å². The summed E-state index contributed by atoms with van der Waals surface area (Å²) in [6.07, 6.45) is 3.13. The van der Waals surface area contributed by atoms with Gasteiger partial charge >= 0.3 is 5.97 Å². The molecule has 4 unspecified atom stereocenters. The molecule has 3 aliphatic heterocycles. The number of nitrogens with one attached hydrogen (secondary N) is 5. The molecule has 3 saturated heterocycles. The highest BCUT2D eigenvalue weighted by molar-refractivity contribution is 5.98. The average molecular weight is 1120 g/mol. The number of aliphatic imine (C=N–C) groups is 2. The second-order valence-corrected chi connectivity index (χ2v) is 19.5. The molecule has 28 nitrogen and oxygen atoms in total. The first-order valence-electron chi connectivity index (χ1n) is 26.5. The number of guanidine groups is 2. The minimum Gasteiger partial charge on any atom is -0.481 e. The minimum absolute atomic E-state index is 0.0209. The summed E-state index contributed by atoms with van der Waals surface area (Å²) in [6.45, 7) is 0.642. The van der Waals surface area contributed by atoms with Crippen molar-refractivity contribution >= 4 is 71.1 Å². The molecule has 0 radical (unpaired) electrons. The number of rotatable bonds is 27. The molecule has 438 valence electrons. The number of carbonyl (C=O) groups is 10. The van der Waals surface area contributed by atoms with Gasteiger partial charge in [-0.1, -0.05) is 60.7 Å². The Morgan fingerprint density at radius 2 is 1.04 bits per heavy atom. The zero-order valence-electron chi connectivity index (χ0n) is 44.9. The fourth-order valence-corrected chi connectivity index (χ4v) is 9.55. The van der Waals surface area contributed by atoms with Gasteiger partial charge in [-0.2, -0.15) is 0 Å². The lowest BCUT2D eigenvalue weighted by Crippen LogP contribution is -2.60. The summed E-state index contributed by atoms with van der Waals surface area (Å²) in [5, 5.41) is 40.7. The zero-order chi connectivity index (χ0) is 58.9. The highest BCUT2D eigenvalue weighted by Gasteiger charge is 2.44. The Morgan fingerprint density at radius 3 is 1.54 bits per heavy atom. The number of aliphatic hydroxyl groups excluding tert-OH is 1. The number of likely N-dealkylation sites (tertiary alicyclic amines) is 3. The molecule has 0 spiro atoms. The maximum atomic E-state index is 14.1. The average Bonchev–Trinajstić information content (AvgIpc) is 4.24. The summed E-state index contributed by atoms with van der Waals surface area (Å²) in [5.41, 5.74) is 29.0. The topological polar surface area (TPSA) is 456 Å². The molecule has 8 atom stereocenters. The van der Waals surface area contributed by atoms with Crippen molar-refractivity contribution in [1.82, 2.24) is 41.3 Å². The SMILES string of the molecule is CC(=O)O.NC(N)=NCCCC(NC(=O)C(Cc1ccccc1)NC(=O)[C@@H]1CCCN1C(=O)[C@H](CO)NC(=O)C(Cc1ccccc1)NC(=O)CNC(=O)[C@@H]1CCCN1C(=O)C1CCCN1C(=O)[C@@H](N)CCCN=C(N)N)C(=O)O. The quantitative estimate of drug-likeness (QED) is 0.0231. The molecular weight excluding hydrogens is 1040 g/mol. The number of aliphatic hydroxyl groups is 1. The monoisotopic (exact) mass is 1120 g/mol. The van der Waals surface area contributed by atoms with E-state index in [4.69, 9.17) is 38.6 Å². The van der Waals surface area contributed by atoms with E-state index in [1.54, 1.807) is 60.7 Å². The second-order valence-electron chi connectivity index (χ2n) is 19.5. The first-order chi connectivity index (χ1) is 38.1. The molecule has 8 amide bonds. The number of carboxylic acids is 2. The van der Waals surface area contributed by atoms with E-state index in [9.17, 15) is 53.4 Å². The van der Waals surface area contributed by atoms with Gasteiger partial charge in [0, 0.05) is 52.5 Å². The van der Waals surface area contributed by atoms with E-state index in [1.807, 2.05) is 0 Å². The van der Waals surface area contributed by atoms with E-state index in [1.165, 1.54) is 14.7 Å². The first-order valence-corrected chi connectivity index (χ1v) is 26.5. The number of aliphatic carboxylic acids is 2. The molecule has 2 aromatic rings. The maximum Gasteiger partial charge on any atom is 0.326 e. The van der Waals surface area contributed by atoms with Crippen LogP contribution in [-0.2, 0) is 60.8 Å². The molecule has 0 saturated carbocycles. The number of hydrogen-bond donors (Lipinski definition) is 13. The van der Waals surface area contributed by atoms with E-state index in [0.29, 0.717) is 69.2 Å². The van der Waals surface area contributed by atoms with Crippen LogP contribution >= 0.6 is 0 Å². The minimum atomic E-state index is -1.59. The molecule has 5 rings (SSSR count). The van der Waals surface area contributed by atoms with E-state index in [2.05, 4.69) is 36.6 Å². The predicted octanol–water partition coefficient (Wildman–Crippen LogP) is -3.90. The Balaban J connectivity index is 0.00000333. The molecule has 18 N–H and O–H groups in total. The lowest BCUT2D eigenvalue weighted by atomic mass is 10.0. The van der Waals surface area contributed by atoms with Crippen molar-refractivity contribution in [3.8, 4) is 0 Å². The molecule has 2 aromatic carbocycles. The predicted molar refractivity (Wildman–Crippen MR) is 291 cm³/mol. The number of nitrogens with zero attached hydrogens (tertiary/aromatic N) is 5. The molecule has 0 aromatic heterocycles. The van der Waals surface area contributed by atoms with Gasteiger partial charge in [-0.3, -0.25) is 53.1 Å². The molecule has 3 aliphatic rings. The number of carboxylic acid groups (broad SMARTS) is 2. The third-order valence-electron chi connectivity index (χ3n) is 13.4. The summed E-state index contributed by atoms with van der Waals surface area (Å²) >= 11 is 0. The van der Waals surface area contributed by atoms with Crippen molar-refractivity contribution < 1.29 is 63.3 Å². The largest absolute Gasteiger partial charge is 0.481 e. The third-order valence-corrected chi connectivity index (χ3v) is 13.4. The van der Waals surface area contributed by atoms with Crippen LogP contribution in [0.1, 0.15) is 82.3 Å². The zero-order valence-corrected chi connectivity index (χ0v) is 44.9. The highest BCUT2D eigenvalue weighted by atomic mass is 16.4. The Bertz CT molecular complexity index is 2510. The van der Waals surface area contributed by atoms with Crippen LogP contribution in [0.4, 0.5) is 0 Å². The smallest absolute Gasteiger partial charge is 0.326 e. The lowest BCUT2D eigenvalue weighted by molar-refractivity contribution is -0.147. The van der Waals surface area contributed by atoms with Crippen molar-refractivity contribution in [3.63, 3.8) is 0 Å². The third kappa shape index (κ3) is 20.4. The van der Waals surface area contributed by atoms with Crippen LogP contribution < -0.4 is 55.3 Å². The molecule has 28 heteroatoms. The van der Waals surface area contributed by atoms with E-state index < -0.39 is 115 Å². The fraction of sp³-hybridized carbons (Fsp3) is 0.538. The Hall–Kier alpha value is -8.40. The first kappa shape index (κ1) is 64.1. The maximum absolute atomic E-state index is 14.1. The van der Waals surface area contributed by atoms with Gasteiger partial charge in [0.25, 0.3) is 5.97 Å². The van der Waals surface area contributed by atoms with Crippen LogP contribution in [0.5, 0.6) is 0 Å². The van der Waals surface area contributed by atoms with Crippen LogP contribution in [-0.4, -0.2) is 195 Å². The van der Waals surface area contributed by atoms with Crippen molar-refractivity contribution in [2.24, 2.45) is 38.7 Å². The summed E-state index contributed by atoms with van der Waals surface area (Å²) in [4.78, 5) is 143. The van der Waals surface area contributed by atoms with Crippen molar-refractivity contribution in [2.45, 2.75) is 132 Å². The number of carbonyl (C=O) groups excluding carboxylic acids is 8. The van der Waals surface area contributed by atoms with Crippen molar-refractivity contribution in [2.75, 3.05) is 45.9 Å². The molecule has 80 heavy (non-hydrogen) atoms. The fourth-order valence-electron chi connectivity index (χ4n) is 9.55. The van der Waals surface area contributed by atoms with Gasteiger partial charge in [0.05, 0.1) is 19.2 Å². The summed E-state index contributed by atoms with van der Waals surface area (Å²) in [7, 11) is 0.